The molecule has 0 atom stereocenters. The van der Waals surface area contributed by atoms with E-state index in [-0.39, 0.29) is 0 Å². The number of nitrogens with one attached hydrogen (secondary N) is 2. The Balaban J connectivity index is 2.23. The van der Waals surface area contributed by atoms with Gasteiger partial charge < -0.3 is 10.6 Å². The lowest BCUT2D eigenvalue weighted by Crippen LogP contribution is -2.26. The Kier molecular flexibility index (Phi) is 3.47. The lowest BCUT2D eigenvalue weighted by molar-refractivity contribution is 0.959. The summed E-state index contributed by atoms with van der Waals surface area (Å²) in [5.74, 6) is 0.882. The molecule has 2 N–H and O–H groups in total. The molecule has 1 aromatic rings. The minimum absolute atomic E-state index is 0.863. The maximum absolute atomic E-state index is 4.30. The van der Waals surface area contributed by atoms with Gasteiger partial charge in [0.05, 0.1) is 12.2 Å². The van der Waals surface area contributed by atoms with Crippen molar-refractivity contribution in [2.75, 3.05) is 18.4 Å². The van der Waals surface area contributed by atoms with Gasteiger partial charge in [-0.15, -0.1) is 0 Å². The van der Waals surface area contributed by atoms with Crippen LogP contribution in [-0.4, -0.2) is 19.0 Å². The molecule has 0 aromatic heterocycles. The minimum Gasteiger partial charge on any atom is -0.354 e. The Hall–Kier alpha value is -0.0500. The highest BCUT2D eigenvalue weighted by molar-refractivity contribution is 14.1. The van der Waals surface area contributed by atoms with Gasteiger partial charge in [-0.1, -0.05) is 6.07 Å². The maximum Gasteiger partial charge on any atom is 0.195 e. The number of nitrogens with zero attached hydrogens (tertiary/aromatic N) is 1. The van der Waals surface area contributed by atoms with E-state index in [1.54, 1.807) is 0 Å². The summed E-state index contributed by atoms with van der Waals surface area (Å²) in [5.41, 5.74) is 1.14. The average Bonchev–Trinajstić information content (AvgIpc) is 2.64. The maximum atomic E-state index is 4.30. The second-order valence-corrected chi connectivity index (χ2v) is 5.20. The lowest BCUT2D eigenvalue weighted by Gasteiger charge is -2.10. The summed E-state index contributed by atoms with van der Waals surface area (Å²) < 4.78 is 2.43. The third-order valence-corrected chi connectivity index (χ3v) is 3.68. The van der Waals surface area contributed by atoms with Crippen molar-refractivity contribution in [3.8, 4) is 0 Å². The smallest absolute Gasteiger partial charge is 0.195 e. The van der Waals surface area contributed by atoms with E-state index in [0.29, 0.717) is 0 Å². The van der Waals surface area contributed by atoms with Crippen LogP contribution in [-0.2, 0) is 0 Å². The summed E-state index contributed by atoms with van der Waals surface area (Å²) in [7, 11) is 0. The Morgan fingerprint density at radius 2 is 2.00 bits per heavy atom. The minimum atomic E-state index is 0.863. The first kappa shape index (κ1) is 10.5. The van der Waals surface area contributed by atoms with Crippen molar-refractivity contribution in [3.63, 3.8) is 0 Å². The fourth-order valence-corrected chi connectivity index (χ4v) is 3.00. The van der Waals surface area contributed by atoms with Gasteiger partial charge in [0.25, 0.3) is 0 Å². The highest BCUT2D eigenvalue weighted by Gasteiger charge is 2.09. The molecule has 1 aromatic carbocycles. The van der Waals surface area contributed by atoms with Crippen molar-refractivity contribution in [2.45, 2.75) is 0 Å². The van der Waals surface area contributed by atoms with Gasteiger partial charge in [0.1, 0.15) is 0 Å². The quantitative estimate of drug-likeness (QED) is 0.694. The molecule has 14 heavy (non-hydrogen) atoms. The molecule has 0 amide bonds. The molecule has 2 rings (SSSR count). The van der Waals surface area contributed by atoms with Crippen LogP contribution in [0.2, 0.25) is 0 Å². The second-order valence-electron chi connectivity index (χ2n) is 2.88. The third kappa shape index (κ3) is 2.30. The molecule has 1 heterocycles. The molecule has 0 saturated heterocycles. The van der Waals surface area contributed by atoms with E-state index < -0.39 is 0 Å². The Morgan fingerprint density at radius 3 is 2.57 bits per heavy atom. The van der Waals surface area contributed by atoms with Gasteiger partial charge in [0.2, 0.25) is 0 Å². The topological polar surface area (TPSA) is 36.4 Å². The number of rotatable bonds is 1. The lowest BCUT2D eigenvalue weighted by atomic mass is 10.3. The number of guanidine groups is 1. The fourth-order valence-electron chi connectivity index (χ4n) is 1.22. The highest BCUT2D eigenvalue weighted by atomic mass is 127. The van der Waals surface area contributed by atoms with Crippen LogP contribution in [0.15, 0.2) is 23.2 Å². The summed E-state index contributed by atoms with van der Waals surface area (Å²) >= 11 is 4.64. The molecule has 0 bridgehead atoms. The molecule has 5 heteroatoms. The summed E-state index contributed by atoms with van der Waals surface area (Å²) in [6.07, 6.45) is 0. The first-order chi connectivity index (χ1) is 6.77. The third-order valence-electron chi connectivity index (χ3n) is 1.88. The number of halogens is 2. The number of anilines is 1. The monoisotopic (exact) mass is 413 g/mol. The second kappa shape index (κ2) is 4.65. The Labute approximate surface area is 110 Å². The van der Waals surface area contributed by atoms with Crippen LogP contribution in [0.5, 0.6) is 0 Å². The predicted octanol–water partition coefficient (Wildman–Crippen LogP) is 2.27. The van der Waals surface area contributed by atoms with Crippen LogP contribution in [0.1, 0.15) is 0 Å². The van der Waals surface area contributed by atoms with Gasteiger partial charge in [-0.25, -0.2) is 0 Å². The van der Waals surface area contributed by atoms with Crippen LogP contribution < -0.4 is 10.6 Å². The largest absolute Gasteiger partial charge is 0.354 e. The first-order valence-corrected chi connectivity index (χ1v) is 6.42. The van der Waals surface area contributed by atoms with E-state index in [9.17, 15) is 0 Å². The fraction of sp³-hybridized carbons (Fsp3) is 0.222. The molecule has 0 spiro atoms. The predicted molar refractivity (Wildman–Crippen MR) is 75.8 cm³/mol. The van der Waals surface area contributed by atoms with E-state index in [1.807, 2.05) is 0 Å². The number of hydrogen-bond donors (Lipinski definition) is 2. The molecule has 0 aliphatic carbocycles. The van der Waals surface area contributed by atoms with Gasteiger partial charge in [0.15, 0.2) is 5.96 Å². The van der Waals surface area contributed by atoms with Crippen LogP contribution >= 0.6 is 45.2 Å². The van der Waals surface area contributed by atoms with Crippen molar-refractivity contribution in [1.29, 1.82) is 0 Å². The number of hydrogen-bond acceptors (Lipinski definition) is 3. The Bertz CT molecular complexity index is 356. The Morgan fingerprint density at radius 1 is 1.29 bits per heavy atom. The van der Waals surface area contributed by atoms with Gasteiger partial charge in [-0.2, -0.15) is 0 Å². The van der Waals surface area contributed by atoms with E-state index in [1.165, 1.54) is 7.14 Å². The molecule has 0 radical (unpaired) electrons. The van der Waals surface area contributed by atoms with E-state index >= 15 is 0 Å². The van der Waals surface area contributed by atoms with Crippen molar-refractivity contribution in [1.82, 2.24) is 5.32 Å². The van der Waals surface area contributed by atoms with Gasteiger partial charge in [-0.3, -0.25) is 4.99 Å². The molecule has 1 aliphatic rings. The van der Waals surface area contributed by atoms with Crippen LogP contribution in [0.4, 0.5) is 5.69 Å². The van der Waals surface area contributed by atoms with E-state index in [2.05, 4.69) is 79.0 Å². The summed E-state index contributed by atoms with van der Waals surface area (Å²) in [5, 5.41) is 6.49. The normalized spacial score (nSPS) is 14.9. The summed E-state index contributed by atoms with van der Waals surface area (Å²) in [6, 6.07) is 6.22. The number of para-hydroxylation sites is 1. The number of aliphatic imine (C=N–C) groups is 1. The molecule has 0 fully saturated rings. The average molecular weight is 413 g/mol. The number of benzene rings is 1. The summed E-state index contributed by atoms with van der Waals surface area (Å²) in [4.78, 5) is 4.30. The van der Waals surface area contributed by atoms with Crippen molar-refractivity contribution >= 4 is 56.8 Å². The first-order valence-electron chi connectivity index (χ1n) is 4.27. The summed E-state index contributed by atoms with van der Waals surface area (Å²) in [6.45, 7) is 1.80. The highest BCUT2D eigenvalue weighted by Crippen LogP contribution is 2.24. The van der Waals surface area contributed by atoms with E-state index in [0.717, 1.165) is 24.7 Å². The molecular weight excluding hydrogens is 404 g/mol. The zero-order chi connectivity index (χ0) is 9.97. The van der Waals surface area contributed by atoms with Crippen molar-refractivity contribution < 1.29 is 0 Å². The molecular formula is C9H9I2N3. The van der Waals surface area contributed by atoms with Crippen LogP contribution in [0.3, 0.4) is 0 Å². The zero-order valence-corrected chi connectivity index (χ0v) is 11.7. The molecule has 1 aliphatic heterocycles. The van der Waals surface area contributed by atoms with Crippen molar-refractivity contribution in [2.24, 2.45) is 4.99 Å². The molecule has 74 valence electrons. The standard InChI is InChI=1S/C9H9I2N3/c10-6-2-1-3-7(11)8(6)14-9-12-4-5-13-9/h1-3H,4-5H2,(H2,12,13,14). The van der Waals surface area contributed by atoms with E-state index in [4.69, 9.17) is 0 Å². The van der Waals surface area contributed by atoms with Gasteiger partial charge >= 0.3 is 0 Å². The van der Waals surface area contributed by atoms with Gasteiger partial charge in [0, 0.05) is 13.7 Å². The van der Waals surface area contributed by atoms with Crippen LogP contribution in [0.25, 0.3) is 0 Å². The van der Waals surface area contributed by atoms with Crippen molar-refractivity contribution in [3.05, 3.63) is 25.3 Å². The van der Waals surface area contributed by atoms with Crippen LogP contribution in [0, 0.1) is 7.14 Å². The molecule has 3 nitrogen and oxygen atoms in total. The van der Waals surface area contributed by atoms with Gasteiger partial charge in [-0.05, 0) is 57.3 Å². The zero-order valence-electron chi connectivity index (χ0n) is 7.35. The molecule has 0 unspecified atom stereocenters. The SMILES string of the molecule is Ic1cccc(I)c1NC1=NCCN1. The molecule has 0 saturated carbocycles.